The van der Waals surface area contributed by atoms with Gasteiger partial charge in [-0.05, 0) is 52.5 Å². The van der Waals surface area contributed by atoms with E-state index in [0.717, 1.165) is 23.5 Å². The molecule has 1 rings (SSSR count). The molecular weight excluding hydrogens is 316 g/mol. The van der Waals surface area contributed by atoms with Gasteiger partial charge in [-0.1, -0.05) is 73.8 Å². The van der Waals surface area contributed by atoms with Gasteiger partial charge in [-0.15, -0.1) is 0 Å². The van der Waals surface area contributed by atoms with E-state index in [-0.39, 0.29) is 0 Å². The summed E-state index contributed by atoms with van der Waals surface area (Å²) in [6, 6.07) is 1.24. The zero-order chi connectivity index (χ0) is 20.5. The van der Waals surface area contributed by atoms with Gasteiger partial charge < -0.3 is 4.90 Å². The largest absolute Gasteiger partial charge is 0.366 e. The Morgan fingerprint density at radius 1 is 1.08 bits per heavy atom. The fourth-order valence-corrected chi connectivity index (χ4v) is 3.56. The molecule has 0 aromatic carbocycles. The second-order valence-corrected chi connectivity index (χ2v) is 6.88. The molecule has 0 spiro atoms. The van der Waals surface area contributed by atoms with Gasteiger partial charge in [0.2, 0.25) is 0 Å². The van der Waals surface area contributed by atoms with Crippen molar-refractivity contribution in [3.05, 3.63) is 24.0 Å². The monoisotopic (exact) mass is 364 g/mol. The third-order valence-electron chi connectivity index (χ3n) is 4.54. The van der Waals surface area contributed by atoms with E-state index in [9.17, 15) is 0 Å². The maximum atomic E-state index is 4.66. The summed E-state index contributed by atoms with van der Waals surface area (Å²) in [5, 5.41) is 0. The van der Waals surface area contributed by atoms with Crippen LogP contribution < -0.4 is 0 Å². The first-order chi connectivity index (χ1) is 12.5. The van der Waals surface area contributed by atoms with E-state index in [1.807, 2.05) is 27.7 Å². The standard InChI is InChI=1S/C20H36N2.2C2H6/c1-7-12-17(5)22(20-13-10-9-11-14-20)18(6)15-19(8-2)21-16(3)4;2*1-2/h15,17,20H,6-14H2,1-5H3;2*1-2H3/b19-15-;;/t17-;;/m0../s1. The summed E-state index contributed by atoms with van der Waals surface area (Å²) in [4.78, 5) is 7.25. The molecular formula is C24H48N2. The number of rotatable bonds is 8. The maximum absolute atomic E-state index is 4.66. The molecule has 0 N–H and O–H groups in total. The van der Waals surface area contributed by atoms with Crippen molar-refractivity contribution < 1.29 is 0 Å². The zero-order valence-corrected chi connectivity index (χ0v) is 19.5. The second kappa shape index (κ2) is 17.4. The molecule has 1 atom stereocenters. The summed E-state index contributed by atoms with van der Waals surface area (Å²) >= 11 is 0. The molecule has 0 unspecified atom stereocenters. The van der Waals surface area contributed by atoms with Crippen molar-refractivity contribution in [3.63, 3.8) is 0 Å². The molecule has 0 bridgehead atoms. The highest BCUT2D eigenvalue weighted by Gasteiger charge is 2.25. The summed E-state index contributed by atoms with van der Waals surface area (Å²) in [5.74, 6) is 0. The van der Waals surface area contributed by atoms with Gasteiger partial charge in [0.15, 0.2) is 0 Å². The molecule has 1 saturated carbocycles. The number of hydrogen-bond donors (Lipinski definition) is 0. The molecule has 0 saturated heterocycles. The topological polar surface area (TPSA) is 15.6 Å². The number of aliphatic imine (C=N–C) groups is 1. The van der Waals surface area contributed by atoms with Gasteiger partial charge in [-0.25, -0.2) is 0 Å². The summed E-state index contributed by atoms with van der Waals surface area (Å²) in [6.07, 6.45) is 12.4. The fourth-order valence-electron chi connectivity index (χ4n) is 3.56. The molecule has 0 heterocycles. The van der Waals surface area contributed by atoms with Crippen molar-refractivity contribution in [1.29, 1.82) is 0 Å². The normalized spacial score (nSPS) is 15.7. The zero-order valence-electron chi connectivity index (χ0n) is 19.5. The summed E-state index contributed by atoms with van der Waals surface area (Å²) < 4.78 is 0. The lowest BCUT2D eigenvalue weighted by molar-refractivity contribution is 0.154. The van der Waals surface area contributed by atoms with Crippen LogP contribution in [-0.4, -0.2) is 22.7 Å². The highest BCUT2D eigenvalue weighted by atomic mass is 15.2. The highest BCUT2D eigenvalue weighted by Crippen LogP contribution is 2.29. The third kappa shape index (κ3) is 10.8. The van der Waals surface area contributed by atoms with Gasteiger partial charge in [0.1, 0.15) is 0 Å². The summed E-state index contributed by atoms with van der Waals surface area (Å²) in [7, 11) is 0. The van der Waals surface area contributed by atoms with Crippen molar-refractivity contribution >= 4 is 5.71 Å². The van der Waals surface area contributed by atoms with Crippen molar-refractivity contribution in [2.24, 2.45) is 4.99 Å². The Bertz CT molecular complexity index is 396. The molecule has 1 aliphatic carbocycles. The Kier molecular flexibility index (Phi) is 18.2. The molecule has 0 amide bonds. The molecule has 26 heavy (non-hydrogen) atoms. The average Bonchev–Trinajstić information content (AvgIpc) is 2.65. The second-order valence-electron chi connectivity index (χ2n) is 6.88. The van der Waals surface area contributed by atoms with Gasteiger partial charge >= 0.3 is 0 Å². The minimum Gasteiger partial charge on any atom is -0.366 e. The Labute approximate surface area is 165 Å². The molecule has 154 valence electrons. The molecule has 0 aromatic heterocycles. The minimum atomic E-state index is 0.571. The smallest absolute Gasteiger partial charge is 0.0420 e. The Morgan fingerprint density at radius 2 is 1.62 bits per heavy atom. The number of hydrogen-bond acceptors (Lipinski definition) is 2. The molecule has 2 heteroatoms. The molecule has 0 aromatic rings. The third-order valence-corrected chi connectivity index (χ3v) is 4.54. The van der Waals surface area contributed by atoms with Crippen molar-refractivity contribution in [1.82, 2.24) is 4.90 Å². The lowest BCUT2D eigenvalue weighted by Gasteiger charge is -2.41. The van der Waals surface area contributed by atoms with E-state index in [1.165, 1.54) is 44.9 Å². The first-order valence-corrected chi connectivity index (χ1v) is 11.2. The van der Waals surface area contributed by atoms with Gasteiger partial charge in [0.25, 0.3) is 0 Å². The van der Waals surface area contributed by atoms with Crippen LogP contribution in [0.2, 0.25) is 0 Å². The van der Waals surface area contributed by atoms with Crippen molar-refractivity contribution in [3.8, 4) is 0 Å². The highest BCUT2D eigenvalue weighted by molar-refractivity contribution is 5.80. The van der Waals surface area contributed by atoms with E-state index in [4.69, 9.17) is 0 Å². The van der Waals surface area contributed by atoms with E-state index in [2.05, 4.69) is 57.2 Å². The lowest BCUT2D eigenvalue weighted by atomic mass is 9.92. The molecule has 0 aliphatic heterocycles. The summed E-state index contributed by atoms with van der Waals surface area (Å²) in [5.41, 5.74) is 3.43. The summed E-state index contributed by atoms with van der Waals surface area (Å²) in [6.45, 7) is 23.3. The first kappa shape index (κ1) is 27.2. The van der Waals surface area contributed by atoms with Gasteiger partial charge in [0, 0.05) is 29.2 Å². The van der Waals surface area contributed by atoms with Crippen LogP contribution in [0.15, 0.2) is 29.0 Å². The molecule has 2 nitrogen and oxygen atoms in total. The average molecular weight is 365 g/mol. The van der Waals surface area contributed by atoms with Gasteiger partial charge in [-0.3, -0.25) is 4.99 Å². The Morgan fingerprint density at radius 3 is 2.04 bits per heavy atom. The van der Waals surface area contributed by atoms with Crippen LogP contribution in [0.25, 0.3) is 0 Å². The number of allylic oxidation sites excluding steroid dienone is 2. The fraction of sp³-hybridized carbons (Fsp3) is 0.792. The van der Waals surface area contributed by atoms with Crippen LogP contribution in [-0.2, 0) is 0 Å². The molecule has 1 fully saturated rings. The van der Waals surface area contributed by atoms with Crippen LogP contribution in [0.1, 0.15) is 114 Å². The quantitative estimate of drug-likeness (QED) is 0.313. The molecule has 0 radical (unpaired) electrons. The van der Waals surface area contributed by atoms with Crippen LogP contribution >= 0.6 is 0 Å². The Hall–Kier alpha value is -1.05. The minimum absolute atomic E-state index is 0.571. The first-order valence-electron chi connectivity index (χ1n) is 11.2. The number of nitrogens with zero attached hydrogens (tertiary/aromatic N) is 2. The van der Waals surface area contributed by atoms with E-state index in [0.29, 0.717) is 12.1 Å². The van der Waals surface area contributed by atoms with Crippen LogP contribution in [0, 0.1) is 0 Å². The SMILES string of the molecule is C=C(/C=C(/CC)N=C(C)C)N(C1CCCCC1)[C@@H](C)CCC.CC.CC. The van der Waals surface area contributed by atoms with Crippen molar-refractivity contribution in [2.45, 2.75) is 126 Å². The van der Waals surface area contributed by atoms with Gasteiger partial charge in [0.05, 0.1) is 0 Å². The predicted molar refractivity (Wildman–Crippen MR) is 122 cm³/mol. The van der Waals surface area contributed by atoms with Crippen molar-refractivity contribution in [2.75, 3.05) is 0 Å². The lowest BCUT2D eigenvalue weighted by Crippen LogP contribution is -2.41. The predicted octanol–water partition coefficient (Wildman–Crippen LogP) is 8.15. The van der Waals surface area contributed by atoms with Crippen LogP contribution in [0.3, 0.4) is 0 Å². The maximum Gasteiger partial charge on any atom is 0.0420 e. The Balaban J connectivity index is 0. The van der Waals surface area contributed by atoms with E-state index >= 15 is 0 Å². The van der Waals surface area contributed by atoms with E-state index < -0.39 is 0 Å². The van der Waals surface area contributed by atoms with Crippen LogP contribution in [0.5, 0.6) is 0 Å². The molecule has 1 aliphatic rings. The van der Waals surface area contributed by atoms with Gasteiger partial charge in [-0.2, -0.15) is 0 Å². The van der Waals surface area contributed by atoms with E-state index in [1.54, 1.807) is 0 Å². The van der Waals surface area contributed by atoms with Crippen LogP contribution in [0.4, 0.5) is 0 Å².